The first-order valence-corrected chi connectivity index (χ1v) is 31.1. The molecule has 7 aliphatic rings. The molecule has 0 radical (unpaired) electrons. The van der Waals surface area contributed by atoms with E-state index in [0.29, 0.717) is 112 Å². The van der Waals surface area contributed by atoms with Crippen molar-refractivity contribution < 1.29 is 38.4 Å². The first-order chi connectivity index (χ1) is 42.7. The summed E-state index contributed by atoms with van der Waals surface area (Å²) in [7, 11) is 0. The van der Waals surface area contributed by atoms with Gasteiger partial charge < -0.3 is 40.9 Å². The molecule has 4 aromatic carbocycles. The maximum Gasteiger partial charge on any atom is 0.264 e. The number of nitriles is 2. The average Bonchev–Trinajstić information content (AvgIpc) is 1.96. The molecule has 8 amide bonds. The van der Waals surface area contributed by atoms with E-state index in [4.69, 9.17) is 0 Å². The Morgan fingerprint density at radius 2 is 0.784 bits per heavy atom. The van der Waals surface area contributed by atoms with Crippen LogP contribution in [0, 0.1) is 33.5 Å². The number of nitrogens with one attached hydrogen (secondary N) is 4. The van der Waals surface area contributed by atoms with Crippen molar-refractivity contribution in [3.8, 4) is 12.1 Å². The molecule has 448 valence electrons. The second-order valence-electron chi connectivity index (χ2n) is 23.4. The van der Waals surface area contributed by atoms with Crippen LogP contribution in [0.4, 0.5) is 22.7 Å². The molecule has 19 heteroatoms. The number of hydrogen-bond donors (Lipinski definition) is 4. The average molecular weight is 1200 g/mol. The van der Waals surface area contributed by atoms with Crippen molar-refractivity contribution in [2.45, 2.75) is 108 Å². The lowest BCUT2D eigenvalue weighted by atomic mass is 10.1. The third-order valence-electron chi connectivity index (χ3n) is 17.4. The molecular formula is C69H68N10O8S. The van der Waals surface area contributed by atoms with Crippen LogP contribution in [0.5, 0.6) is 0 Å². The molecule has 6 fully saturated rings. The van der Waals surface area contributed by atoms with Gasteiger partial charge in [-0.2, -0.15) is 10.5 Å². The van der Waals surface area contributed by atoms with E-state index in [2.05, 4.69) is 33.4 Å². The van der Waals surface area contributed by atoms with Crippen LogP contribution in [0.2, 0.25) is 0 Å². The van der Waals surface area contributed by atoms with Crippen LogP contribution >= 0.6 is 11.3 Å². The number of anilines is 4. The molecule has 1 aromatic heterocycles. The third-order valence-corrected chi connectivity index (χ3v) is 18.3. The fraction of sp³-hybridized carbons (Fsp3) is 0.333. The second kappa shape index (κ2) is 26.5. The number of hydrogen-bond acceptors (Lipinski definition) is 11. The molecule has 0 bridgehead atoms. The molecule has 18 nitrogen and oxygen atoms in total. The van der Waals surface area contributed by atoms with E-state index in [1.807, 2.05) is 151 Å². The van der Waals surface area contributed by atoms with Gasteiger partial charge in [-0.15, -0.1) is 11.3 Å². The minimum absolute atomic E-state index is 0.0506. The number of nitrogens with zero attached hydrogens (tertiary/aromatic N) is 6. The Hall–Kier alpha value is -9.72. The Morgan fingerprint density at radius 1 is 0.455 bits per heavy atom. The van der Waals surface area contributed by atoms with Crippen LogP contribution in [-0.4, -0.2) is 117 Å². The molecule has 4 saturated heterocycles. The molecule has 0 spiro atoms. The van der Waals surface area contributed by atoms with E-state index in [1.54, 1.807) is 25.7 Å². The molecule has 0 unspecified atom stereocenters. The highest BCUT2D eigenvalue weighted by Crippen LogP contribution is 2.48. The van der Waals surface area contributed by atoms with Crippen LogP contribution in [0.25, 0.3) is 24.3 Å². The van der Waals surface area contributed by atoms with E-state index in [1.165, 1.54) is 11.3 Å². The molecule has 4 atom stereocenters. The number of amides is 8. The quantitative estimate of drug-likeness (QED) is 0.0681. The van der Waals surface area contributed by atoms with Gasteiger partial charge in [0.2, 0.25) is 35.4 Å². The van der Waals surface area contributed by atoms with Crippen molar-refractivity contribution in [3.63, 3.8) is 0 Å². The lowest BCUT2D eigenvalue weighted by molar-refractivity contribution is -0.139. The Bertz CT molecular complexity index is 3580. The number of carbonyl (C=O) groups excluding carboxylic acids is 8. The number of rotatable bonds is 16. The van der Waals surface area contributed by atoms with Gasteiger partial charge >= 0.3 is 0 Å². The van der Waals surface area contributed by atoms with Crippen molar-refractivity contribution in [1.29, 1.82) is 10.5 Å². The minimum Gasteiger partial charge on any atom is -0.329 e. The zero-order valence-corrected chi connectivity index (χ0v) is 49.5. The normalized spacial score (nSPS) is 21.0. The predicted molar refractivity (Wildman–Crippen MR) is 337 cm³/mol. The molecule has 88 heavy (non-hydrogen) atoms. The highest BCUT2D eigenvalue weighted by Gasteiger charge is 2.56. The Balaban J connectivity index is 0.000000182. The summed E-state index contributed by atoms with van der Waals surface area (Å²) in [6.07, 6.45) is 22.0. The molecule has 3 aliphatic carbocycles. The summed E-state index contributed by atoms with van der Waals surface area (Å²) >= 11 is 1.39. The lowest BCUT2D eigenvalue weighted by Gasteiger charge is -2.25. The Labute approximate surface area is 515 Å². The van der Waals surface area contributed by atoms with Gasteiger partial charge in [-0.05, 0) is 166 Å². The van der Waals surface area contributed by atoms with Gasteiger partial charge in [0.25, 0.3) is 11.8 Å². The van der Waals surface area contributed by atoms with Gasteiger partial charge in [-0.1, -0.05) is 97.1 Å². The van der Waals surface area contributed by atoms with Crippen molar-refractivity contribution in [2.75, 3.05) is 47.4 Å². The van der Waals surface area contributed by atoms with Crippen molar-refractivity contribution in [1.82, 2.24) is 19.6 Å². The van der Waals surface area contributed by atoms with Crippen LogP contribution in [0.3, 0.4) is 0 Å². The fourth-order valence-electron chi connectivity index (χ4n) is 12.0. The maximum atomic E-state index is 13.0. The first kappa shape index (κ1) is 60.0. The van der Waals surface area contributed by atoms with Crippen molar-refractivity contribution in [2.24, 2.45) is 10.8 Å². The highest BCUT2D eigenvalue weighted by molar-refractivity contribution is 7.12. The van der Waals surface area contributed by atoms with Gasteiger partial charge in [-0.25, -0.2) is 0 Å². The number of likely N-dealkylation sites (tertiary alicyclic amines) is 4. The molecule has 4 aliphatic heterocycles. The van der Waals surface area contributed by atoms with Crippen LogP contribution < -0.4 is 21.3 Å². The topological polar surface area (TPSA) is 245 Å². The van der Waals surface area contributed by atoms with Gasteiger partial charge in [0, 0.05) is 54.5 Å². The first-order valence-electron chi connectivity index (χ1n) is 30.2. The van der Waals surface area contributed by atoms with Crippen molar-refractivity contribution >= 4 is 106 Å². The Morgan fingerprint density at radius 3 is 1.08 bits per heavy atom. The summed E-state index contributed by atoms with van der Waals surface area (Å²) in [5, 5.41) is 32.4. The third kappa shape index (κ3) is 13.6. The number of benzene rings is 4. The van der Waals surface area contributed by atoms with Gasteiger partial charge in [0.1, 0.15) is 35.0 Å². The largest absolute Gasteiger partial charge is 0.329 e. The standard InChI is InChI=1S/C35H34N4O4S.C34H34N6O4/c40-32(29-8-3-21-38(29)34(42)26-6-1-2-7-26)36-27-17-13-24(14-18-27)11-12-25-15-19-28(20-16-25)37-33(41)30-9-4-22-39(30)35(43)31-10-5-23-44-31;35-21-33(15-16-33)31(43)39-19-1-3-27(39)29(41)37-25-11-7-23(8-12-25)5-6-24-9-13-26(14-10-24)38-30(42)28-4-2-20-40(28)32(44)34(22-36)17-18-34/h1-2,5-6,10-20,23,29-30H,3-4,7-9,21-22H2,(H,36,40)(H,37,41);5-14,27-28H,1-4,15-20H2,(H,37,41)(H,38,42)/b12-11+;6-5+/t29-,30-;27-,28-/m00/s1. The smallest absolute Gasteiger partial charge is 0.264 e. The molecule has 5 heterocycles. The van der Waals surface area contributed by atoms with Crippen LogP contribution in [0.1, 0.15) is 115 Å². The predicted octanol–water partition coefficient (Wildman–Crippen LogP) is 10.3. The SMILES string of the molecule is N#CC1(C(=O)N2CCC[C@H]2C(=O)Nc2ccc(/C=C/c3ccc(NC(=O)[C@@H]4CCCN4C(=O)C4(C#N)CC4)cc3)cc2)CC1.O=C(Nc1ccc(/C=C/c2ccc(NC(=O)[C@@H]3CCCN3C(=O)c3cccs3)cc2)cc1)[C@@H]1CCCN1C(=O)C1=CC=CC1. The molecule has 4 N–H and O–H groups in total. The fourth-order valence-corrected chi connectivity index (χ4v) is 12.7. The van der Waals surface area contributed by atoms with E-state index >= 15 is 0 Å². The number of carbonyl (C=O) groups is 8. The van der Waals surface area contributed by atoms with Gasteiger partial charge in [-0.3, -0.25) is 38.4 Å². The summed E-state index contributed by atoms with van der Waals surface area (Å²) in [6, 6.07) is 35.8. The van der Waals surface area contributed by atoms with Crippen LogP contribution in [0.15, 0.2) is 138 Å². The van der Waals surface area contributed by atoms with Crippen LogP contribution in [-0.2, 0) is 33.6 Å². The van der Waals surface area contributed by atoms with Gasteiger partial charge in [0.15, 0.2) is 0 Å². The zero-order valence-electron chi connectivity index (χ0n) is 48.7. The summed E-state index contributed by atoms with van der Waals surface area (Å²) < 4.78 is 0. The summed E-state index contributed by atoms with van der Waals surface area (Å²) in [6.45, 7) is 2.19. The minimum atomic E-state index is -0.928. The zero-order chi connectivity index (χ0) is 61.4. The highest BCUT2D eigenvalue weighted by atomic mass is 32.1. The summed E-state index contributed by atoms with van der Waals surface area (Å²) in [4.78, 5) is 110. The number of thiophene rings is 1. The maximum absolute atomic E-state index is 13.0. The Kier molecular flexibility index (Phi) is 18.1. The number of allylic oxidation sites excluding steroid dienone is 3. The van der Waals surface area contributed by atoms with E-state index in [0.717, 1.165) is 53.5 Å². The summed E-state index contributed by atoms with van der Waals surface area (Å²) in [5.41, 5.74) is 5.31. The van der Waals surface area contributed by atoms with E-state index in [-0.39, 0.29) is 47.3 Å². The van der Waals surface area contributed by atoms with Crippen molar-refractivity contribution in [3.05, 3.63) is 166 Å². The molecular weight excluding hydrogens is 1130 g/mol. The monoisotopic (exact) mass is 1200 g/mol. The van der Waals surface area contributed by atoms with E-state index < -0.39 is 35.0 Å². The molecule has 12 rings (SSSR count). The van der Waals surface area contributed by atoms with Gasteiger partial charge in [0.05, 0.1) is 17.0 Å². The molecule has 5 aromatic rings. The van der Waals surface area contributed by atoms with E-state index in [9.17, 15) is 48.9 Å². The lowest BCUT2D eigenvalue weighted by Crippen LogP contribution is -2.46. The molecule has 2 saturated carbocycles. The summed E-state index contributed by atoms with van der Waals surface area (Å²) in [5.74, 6) is -1.37. The second-order valence-corrected chi connectivity index (χ2v) is 24.4.